The first kappa shape index (κ1) is 24.4. The van der Waals surface area contributed by atoms with Crippen molar-refractivity contribution < 1.29 is 9.59 Å². The van der Waals surface area contributed by atoms with E-state index in [1.54, 1.807) is 11.8 Å². The van der Waals surface area contributed by atoms with Crippen molar-refractivity contribution in [3.63, 3.8) is 0 Å². The molecule has 5 heteroatoms. The summed E-state index contributed by atoms with van der Waals surface area (Å²) in [6.45, 7) is 7.74. The van der Waals surface area contributed by atoms with E-state index in [0.717, 1.165) is 61.3 Å². The van der Waals surface area contributed by atoms with Crippen molar-refractivity contribution in [3.05, 3.63) is 65.2 Å². The normalized spacial score (nSPS) is 15.4. The average Bonchev–Trinajstić information content (AvgIpc) is 2.80. The third-order valence-corrected chi connectivity index (χ3v) is 7.53. The third-order valence-electron chi connectivity index (χ3n) is 6.30. The van der Waals surface area contributed by atoms with Gasteiger partial charge in [0, 0.05) is 25.2 Å². The average molecular weight is 453 g/mol. The van der Waals surface area contributed by atoms with E-state index in [9.17, 15) is 9.59 Å². The molecular weight excluding hydrogens is 416 g/mol. The summed E-state index contributed by atoms with van der Waals surface area (Å²) in [5.41, 5.74) is 4.48. The Hall–Kier alpha value is -2.27. The van der Waals surface area contributed by atoms with Gasteiger partial charge in [0.2, 0.25) is 11.8 Å². The number of thioether (sulfide) groups is 1. The summed E-state index contributed by atoms with van der Waals surface area (Å²) in [5.74, 6) is 1.77. The summed E-state index contributed by atoms with van der Waals surface area (Å²) >= 11 is 1.66. The number of rotatable bonds is 9. The van der Waals surface area contributed by atoms with E-state index >= 15 is 0 Å². The molecule has 2 aromatic rings. The van der Waals surface area contributed by atoms with Crippen LogP contribution in [0.1, 0.15) is 49.3 Å². The van der Waals surface area contributed by atoms with E-state index in [4.69, 9.17) is 0 Å². The lowest BCUT2D eigenvalue weighted by molar-refractivity contribution is -0.131. The summed E-state index contributed by atoms with van der Waals surface area (Å²) in [5, 5.41) is 2.99. The minimum atomic E-state index is -0.0534. The lowest BCUT2D eigenvalue weighted by atomic mass is 9.90. The fraction of sp³-hybridized carbons (Fsp3) is 0.481. The Kier molecular flexibility index (Phi) is 9.22. The number of para-hydroxylation sites is 1. The van der Waals surface area contributed by atoms with Crippen LogP contribution in [-0.2, 0) is 16.0 Å². The van der Waals surface area contributed by atoms with Crippen molar-refractivity contribution in [2.45, 2.75) is 58.1 Å². The predicted octanol–water partition coefficient (Wildman–Crippen LogP) is 5.63. The van der Waals surface area contributed by atoms with Gasteiger partial charge in [-0.05, 0) is 74.8 Å². The number of nitrogens with zero attached hydrogens (tertiary/aromatic N) is 1. The van der Waals surface area contributed by atoms with Crippen LogP contribution >= 0.6 is 11.8 Å². The zero-order chi connectivity index (χ0) is 22.9. The molecule has 0 aliphatic carbocycles. The topological polar surface area (TPSA) is 49.4 Å². The van der Waals surface area contributed by atoms with Crippen molar-refractivity contribution in [1.29, 1.82) is 0 Å². The summed E-state index contributed by atoms with van der Waals surface area (Å²) in [6.07, 6.45) is 4.52. The van der Waals surface area contributed by atoms with Gasteiger partial charge in [0.05, 0.1) is 5.25 Å². The highest BCUT2D eigenvalue weighted by Gasteiger charge is 2.26. The maximum absolute atomic E-state index is 12.8. The second-order valence-electron chi connectivity index (χ2n) is 8.89. The Bertz CT molecular complexity index is 872. The lowest BCUT2D eigenvalue weighted by Crippen LogP contribution is -2.42. The molecule has 1 atom stereocenters. The zero-order valence-electron chi connectivity index (χ0n) is 19.6. The van der Waals surface area contributed by atoms with Crippen LogP contribution < -0.4 is 5.32 Å². The van der Waals surface area contributed by atoms with E-state index in [2.05, 4.69) is 35.6 Å². The van der Waals surface area contributed by atoms with E-state index < -0.39 is 0 Å². The molecule has 0 spiro atoms. The molecule has 1 saturated heterocycles. The number of amides is 2. The minimum absolute atomic E-state index is 0.0440. The monoisotopic (exact) mass is 452 g/mol. The van der Waals surface area contributed by atoms with Crippen LogP contribution in [0.5, 0.6) is 0 Å². The second-order valence-corrected chi connectivity index (χ2v) is 10.3. The van der Waals surface area contributed by atoms with Crippen molar-refractivity contribution in [1.82, 2.24) is 4.90 Å². The molecule has 1 N–H and O–H groups in total. The van der Waals surface area contributed by atoms with Gasteiger partial charge < -0.3 is 10.2 Å². The maximum atomic E-state index is 12.8. The Balaban J connectivity index is 1.33. The highest BCUT2D eigenvalue weighted by atomic mass is 32.2. The van der Waals surface area contributed by atoms with Gasteiger partial charge in [-0.2, -0.15) is 0 Å². The number of carbonyl (C=O) groups excluding carboxylic acids is 2. The van der Waals surface area contributed by atoms with Crippen LogP contribution in [0.15, 0.2) is 48.5 Å². The van der Waals surface area contributed by atoms with Gasteiger partial charge in [0.25, 0.3) is 0 Å². The van der Waals surface area contributed by atoms with Gasteiger partial charge in [-0.25, -0.2) is 0 Å². The molecule has 3 rings (SSSR count). The Morgan fingerprint density at radius 3 is 2.34 bits per heavy atom. The van der Waals surface area contributed by atoms with Gasteiger partial charge in [-0.15, -0.1) is 11.8 Å². The Morgan fingerprint density at radius 1 is 1.03 bits per heavy atom. The first-order valence-electron chi connectivity index (χ1n) is 11.7. The summed E-state index contributed by atoms with van der Waals surface area (Å²) in [6, 6.07) is 16.7. The van der Waals surface area contributed by atoms with E-state index in [0.29, 0.717) is 12.3 Å². The maximum Gasteiger partial charge on any atom is 0.235 e. The molecule has 1 heterocycles. The number of hydrogen-bond acceptors (Lipinski definition) is 3. The molecular formula is C27H36N2O2S. The number of anilines is 1. The zero-order valence-corrected chi connectivity index (χ0v) is 20.4. The molecule has 1 fully saturated rings. The van der Waals surface area contributed by atoms with Crippen molar-refractivity contribution >= 4 is 29.3 Å². The van der Waals surface area contributed by atoms with Crippen LogP contribution in [-0.4, -0.2) is 40.8 Å². The fourth-order valence-electron chi connectivity index (χ4n) is 4.34. The molecule has 4 nitrogen and oxygen atoms in total. The molecule has 0 bridgehead atoms. The quantitative estimate of drug-likeness (QED) is 0.502. The molecule has 0 saturated carbocycles. The smallest absolute Gasteiger partial charge is 0.235 e. The highest BCUT2D eigenvalue weighted by molar-refractivity contribution is 8.00. The number of nitrogens with one attached hydrogen (secondary N) is 1. The molecule has 0 radical (unpaired) electrons. The lowest BCUT2D eigenvalue weighted by Gasteiger charge is -2.33. The van der Waals surface area contributed by atoms with Gasteiger partial charge in [-0.3, -0.25) is 9.59 Å². The minimum Gasteiger partial charge on any atom is -0.342 e. The van der Waals surface area contributed by atoms with Crippen LogP contribution in [0.3, 0.4) is 0 Å². The fourth-order valence-corrected chi connectivity index (χ4v) is 5.30. The molecule has 1 unspecified atom stereocenters. The Labute approximate surface area is 197 Å². The number of carbonyl (C=O) groups is 2. The molecule has 2 aromatic carbocycles. The molecule has 1 aliphatic rings. The molecule has 2 amide bonds. The summed E-state index contributed by atoms with van der Waals surface area (Å²) in [7, 11) is 0. The third kappa shape index (κ3) is 7.13. The largest absolute Gasteiger partial charge is 0.342 e. The van der Waals surface area contributed by atoms with E-state index in [1.165, 1.54) is 5.56 Å². The Morgan fingerprint density at radius 2 is 1.69 bits per heavy atom. The molecule has 0 aromatic heterocycles. The highest BCUT2D eigenvalue weighted by Crippen LogP contribution is 2.24. The van der Waals surface area contributed by atoms with Crippen molar-refractivity contribution in [2.24, 2.45) is 5.92 Å². The second kappa shape index (κ2) is 12.1. The first-order chi connectivity index (χ1) is 15.4. The summed E-state index contributed by atoms with van der Waals surface area (Å²) in [4.78, 5) is 27.2. The molecule has 172 valence electrons. The standard InChI is InChI=1S/C27H36N2O2S/c1-20-9-7-10-21(2)26(20)28-25(30)13-8-18-32-22(3)27(31)29-16-14-24(15-17-29)19-23-11-5-4-6-12-23/h4-7,9-12,22,24H,8,13-19H2,1-3H3,(H,28,30). The predicted molar refractivity (Wildman–Crippen MR) is 135 cm³/mol. The van der Waals surface area contributed by atoms with Gasteiger partial charge in [0.15, 0.2) is 0 Å². The van der Waals surface area contributed by atoms with Gasteiger partial charge in [0.1, 0.15) is 0 Å². The van der Waals surface area contributed by atoms with Crippen LogP contribution in [0, 0.1) is 19.8 Å². The molecule has 1 aliphatic heterocycles. The van der Waals surface area contributed by atoms with E-state index in [-0.39, 0.29) is 17.1 Å². The van der Waals surface area contributed by atoms with Crippen LogP contribution in [0.4, 0.5) is 5.69 Å². The number of piperidine rings is 1. The SMILES string of the molecule is Cc1cccc(C)c1NC(=O)CCCSC(C)C(=O)N1CCC(Cc2ccccc2)CC1. The number of benzene rings is 2. The number of hydrogen-bond donors (Lipinski definition) is 1. The number of aryl methyl sites for hydroxylation is 2. The van der Waals surface area contributed by atoms with Gasteiger partial charge in [-0.1, -0.05) is 48.5 Å². The van der Waals surface area contributed by atoms with E-state index in [1.807, 2.05) is 43.9 Å². The summed E-state index contributed by atoms with van der Waals surface area (Å²) < 4.78 is 0. The molecule has 32 heavy (non-hydrogen) atoms. The van der Waals surface area contributed by atoms with Crippen LogP contribution in [0.25, 0.3) is 0 Å². The van der Waals surface area contributed by atoms with Crippen molar-refractivity contribution in [2.75, 3.05) is 24.2 Å². The van der Waals surface area contributed by atoms with Crippen LogP contribution in [0.2, 0.25) is 0 Å². The van der Waals surface area contributed by atoms with Crippen molar-refractivity contribution in [3.8, 4) is 0 Å². The first-order valence-corrected chi connectivity index (χ1v) is 12.8. The van der Waals surface area contributed by atoms with Gasteiger partial charge >= 0.3 is 0 Å². The number of likely N-dealkylation sites (tertiary alicyclic amines) is 1.